The van der Waals surface area contributed by atoms with Gasteiger partial charge in [-0.1, -0.05) is 23.7 Å². The lowest BCUT2D eigenvalue weighted by atomic mass is 10.2. The number of aryl methyl sites for hydroxylation is 1. The number of halogens is 1. The first-order chi connectivity index (χ1) is 8.06. The highest BCUT2D eigenvalue weighted by atomic mass is 35.5. The summed E-state index contributed by atoms with van der Waals surface area (Å²) in [7, 11) is 0. The van der Waals surface area contributed by atoms with Crippen molar-refractivity contribution in [2.45, 2.75) is 20.3 Å². The van der Waals surface area contributed by atoms with Gasteiger partial charge in [0.15, 0.2) is 5.78 Å². The van der Waals surface area contributed by atoms with E-state index in [9.17, 15) is 4.79 Å². The lowest BCUT2D eigenvalue weighted by Crippen LogP contribution is -1.89. The molecule has 0 amide bonds. The third-order valence-electron chi connectivity index (χ3n) is 2.41. The van der Waals surface area contributed by atoms with Gasteiger partial charge in [0.05, 0.1) is 15.6 Å². The second-order valence-corrected chi connectivity index (χ2v) is 5.41. The molecule has 2 nitrogen and oxygen atoms in total. The Morgan fingerprint density at radius 2 is 2.24 bits per heavy atom. The first kappa shape index (κ1) is 12.3. The first-order valence-corrected chi connectivity index (χ1v) is 6.47. The van der Waals surface area contributed by atoms with Crippen molar-refractivity contribution in [1.29, 1.82) is 0 Å². The quantitative estimate of drug-likeness (QED) is 0.788. The van der Waals surface area contributed by atoms with Crippen molar-refractivity contribution in [3.63, 3.8) is 0 Å². The minimum Gasteiger partial charge on any atom is -0.294 e. The molecule has 2 aromatic rings. The van der Waals surface area contributed by atoms with Crippen molar-refractivity contribution >= 4 is 28.7 Å². The van der Waals surface area contributed by atoms with E-state index in [1.54, 1.807) is 6.92 Å². The smallest absolute Gasteiger partial charge is 0.171 e. The van der Waals surface area contributed by atoms with Crippen molar-refractivity contribution in [2.75, 3.05) is 0 Å². The average molecular weight is 266 g/mol. The maximum Gasteiger partial charge on any atom is 0.171 e. The topological polar surface area (TPSA) is 30.0 Å². The highest BCUT2D eigenvalue weighted by molar-refractivity contribution is 7.13. The number of Topliss-reactive ketones (excluding diaryl/α,β-unsaturated/α-hetero) is 1. The van der Waals surface area contributed by atoms with Crippen LogP contribution in [0.25, 0.3) is 0 Å². The maximum absolute atomic E-state index is 11.3. The van der Waals surface area contributed by atoms with Gasteiger partial charge < -0.3 is 0 Å². The molecule has 2 rings (SSSR count). The van der Waals surface area contributed by atoms with Crippen LogP contribution in [0.4, 0.5) is 0 Å². The van der Waals surface area contributed by atoms with Gasteiger partial charge in [-0.3, -0.25) is 4.79 Å². The molecule has 0 fully saturated rings. The Hall–Kier alpha value is -1.19. The summed E-state index contributed by atoms with van der Waals surface area (Å²) in [5.41, 5.74) is 1.93. The Labute approximate surface area is 109 Å². The first-order valence-electron chi connectivity index (χ1n) is 5.28. The number of carbonyl (C=O) groups excluding carboxylic acids is 1. The number of hydrogen-bond acceptors (Lipinski definition) is 3. The Morgan fingerprint density at radius 1 is 1.47 bits per heavy atom. The van der Waals surface area contributed by atoms with Gasteiger partial charge in [0.1, 0.15) is 0 Å². The molecule has 0 aliphatic carbocycles. The van der Waals surface area contributed by atoms with Crippen LogP contribution in [-0.4, -0.2) is 10.8 Å². The molecule has 0 unspecified atom stereocenters. The van der Waals surface area contributed by atoms with Crippen molar-refractivity contribution < 1.29 is 4.79 Å². The Balaban J connectivity index is 2.25. The fourth-order valence-electron chi connectivity index (χ4n) is 1.68. The van der Waals surface area contributed by atoms with Gasteiger partial charge in [-0.05, 0) is 24.6 Å². The van der Waals surface area contributed by atoms with Crippen LogP contribution in [-0.2, 0) is 6.42 Å². The number of thiazole rings is 1. The standard InChI is InChI=1S/C13H12ClNOS/c1-8-13(9(2)16)17-12(15-8)7-10-4-3-5-11(14)6-10/h3-6H,7H2,1-2H3. The summed E-state index contributed by atoms with van der Waals surface area (Å²) in [4.78, 5) is 16.5. The van der Waals surface area contributed by atoms with Crippen LogP contribution in [0.3, 0.4) is 0 Å². The Kier molecular flexibility index (Phi) is 3.60. The fraction of sp³-hybridized carbons (Fsp3) is 0.231. The minimum absolute atomic E-state index is 0.0809. The second kappa shape index (κ2) is 4.98. The molecular formula is C13H12ClNOS. The van der Waals surface area contributed by atoms with Crippen LogP contribution in [0, 0.1) is 6.92 Å². The molecular weight excluding hydrogens is 254 g/mol. The summed E-state index contributed by atoms with van der Waals surface area (Å²) < 4.78 is 0. The van der Waals surface area contributed by atoms with Crippen LogP contribution in [0.15, 0.2) is 24.3 Å². The summed E-state index contributed by atoms with van der Waals surface area (Å²) in [6, 6.07) is 7.70. The van der Waals surface area contributed by atoms with Gasteiger partial charge in [0, 0.05) is 18.4 Å². The molecule has 1 heterocycles. The van der Waals surface area contributed by atoms with Crippen molar-refractivity contribution in [3.8, 4) is 0 Å². The molecule has 0 spiro atoms. The van der Waals surface area contributed by atoms with Crippen molar-refractivity contribution in [1.82, 2.24) is 4.98 Å². The van der Waals surface area contributed by atoms with Crippen LogP contribution in [0.5, 0.6) is 0 Å². The Morgan fingerprint density at radius 3 is 2.82 bits per heavy atom. The third kappa shape index (κ3) is 2.93. The third-order valence-corrected chi connectivity index (χ3v) is 3.90. The summed E-state index contributed by atoms with van der Waals surface area (Å²) in [6.07, 6.45) is 0.722. The molecule has 0 saturated heterocycles. The van der Waals surface area contributed by atoms with Gasteiger partial charge in [-0.25, -0.2) is 4.98 Å². The molecule has 0 bridgehead atoms. The highest BCUT2D eigenvalue weighted by Crippen LogP contribution is 2.22. The van der Waals surface area contributed by atoms with E-state index in [1.165, 1.54) is 11.3 Å². The zero-order valence-corrected chi connectivity index (χ0v) is 11.2. The SMILES string of the molecule is CC(=O)c1sc(Cc2cccc(Cl)c2)nc1C. The molecule has 0 radical (unpaired) electrons. The van der Waals surface area contributed by atoms with E-state index in [2.05, 4.69) is 4.98 Å². The van der Waals surface area contributed by atoms with E-state index >= 15 is 0 Å². The van der Waals surface area contributed by atoms with Gasteiger partial charge in [-0.2, -0.15) is 0 Å². The van der Waals surface area contributed by atoms with E-state index < -0.39 is 0 Å². The fourth-order valence-corrected chi connectivity index (χ4v) is 2.88. The lowest BCUT2D eigenvalue weighted by Gasteiger charge is -1.97. The zero-order chi connectivity index (χ0) is 12.4. The molecule has 0 atom stereocenters. The van der Waals surface area contributed by atoms with Crippen LogP contribution < -0.4 is 0 Å². The number of nitrogens with zero attached hydrogens (tertiary/aromatic N) is 1. The van der Waals surface area contributed by atoms with Crippen molar-refractivity contribution in [3.05, 3.63) is 50.4 Å². The molecule has 0 aliphatic rings. The monoisotopic (exact) mass is 265 g/mol. The van der Waals surface area contributed by atoms with E-state index in [-0.39, 0.29) is 5.78 Å². The van der Waals surface area contributed by atoms with Crippen molar-refractivity contribution in [2.24, 2.45) is 0 Å². The predicted molar refractivity (Wildman–Crippen MR) is 71.1 cm³/mol. The molecule has 1 aromatic heterocycles. The maximum atomic E-state index is 11.3. The molecule has 0 aliphatic heterocycles. The largest absolute Gasteiger partial charge is 0.294 e. The second-order valence-electron chi connectivity index (χ2n) is 3.89. The number of carbonyl (C=O) groups is 1. The average Bonchev–Trinajstić information content (AvgIpc) is 2.59. The summed E-state index contributed by atoms with van der Waals surface area (Å²) in [5.74, 6) is 0.0809. The van der Waals surface area contributed by atoms with Crippen LogP contribution >= 0.6 is 22.9 Å². The van der Waals surface area contributed by atoms with E-state index in [0.29, 0.717) is 0 Å². The zero-order valence-electron chi connectivity index (χ0n) is 9.66. The molecule has 0 N–H and O–H groups in total. The molecule has 17 heavy (non-hydrogen) atoms. The number of benzene rings is 1. The van der Waals surface area contributed by atoms with Crippen LogP contribution in [0.1, 0.15) is 32.9 Å². The van der Waals surface area contributed by atoms with Gasteiger partial charge >= 0.3 is 0 Å². The molecule has 1 aromatic carbocycles. The van der Waals surface area contributed by atoms with Gasteiger partial charge in [0.25, 0.3) is 0 Å². The molecule has 0 saturated carbocycles. The van der Waals surface area contributed by atoms with E-state index in [1.807, 2.05) is 31.2 Å². The van der Waals surface area contributed by atoms with E-state index in [0.717, 1.165) is 32.6 Å². The van der Waals surface area contributed by atoms with E-state index in [4.69, 9.17) is 11.6 Å². The molecule has 4 heteroatoms. The molecule has 88 valence electrons. The van der Waals surface area contributed by atoms with Gasteiger partial charge in [0.2, 0.25) is 0 Å². The predicted octanol–water partition coefficient (Wildman–Crippen LogP) is 3.90. The summed E-state index contributed by atoms with van der Waals surface area (Å²) >= 11 is 7.39. The lowest BCUT2D eigenvalue weighted by molar-refractivity contribution is 0.102. The normalized spacial score (nSPS) is 10.5. The van der Waals surface area contributed by atoms with Gasteiger partial charge in [-0.15, -0.1) is 11.3 Å². The Bertz CT molecular complexity index is 562. The number of hydrogen-bond donors (Lipinski definition) is 0. The number of rotatable bonds is 3. The minimum atomic E-state index is 0.0809. The number of ketones is 1. The number of aromatic nitrogens is 1. The summed E-state index contributed by atoms with van der Waals surface area (Å²) in [6.45, 7) is 3.44. The van der Waals surface area contributed by atoms with Crippen LogP contribution in [0.2, 0.25) is 5.02 Å². The summed E-state index contributed by atoms with van der Waals surface area (Å²) in [5, 5.41) is 1.68. The highest BCUT2D eigenvalue weighted by Gasteiger charge is 2.11.